The number of nitriles is 1. The smallest absolute Gasteiger partial charge is 0.240 e. The Bertz CT molecular complexity index is 555. The van der Waals surface area contributed by atoms with E-state index in [1.165, 1.54) is 36.2 Å². The molecule has 1 rings (SSSR count). The maximum atomic E-state index is 11.4. The van der Waals surface area contributed by atoms with Crippen LogP contribution in [0.3, 0.4) is 0 Å². The quantitative estimate of drug-likeness (QED) is 0.802. The van der Waals surface area contributed by atoms with Gasteiger partial charge in [-0.3, -0.25) is 4.79 Å². The van der Waals surface area contributed by atoms with Gasteiger partial charge >= 0.3 is 0 Å². The number of nitrogens with zero attached hydrogens (tertiary/aromatic N) is 2. The van der Waals surface area contributed by atoms with Crippen molar-refractivity contribution in [3.8, 4) is 6.07 Å². The van der Waals surface area contributed by atoms with Crippen molar-refractivity contribution in [2.24, 2.45) is 0 Å². The molecule has 0 aliphatic rings. The SMILES string of the molecule is CN(C(=O)CC#N)c1ccc(S(C)(=O)=O)cc1. The first-order valence-corrected chi connectivity index (χ1v) is 6.69. The summed E-state index contributed by atoms with van der Waals surface area (Å²) >= 11 is 0. The van der Waals surface area contributed by atoms with Crippen molar-refractivity contribution in [2.45, 2.75) is 11.3 Å². The fraction of sp³-hybridized carbons (Fsp3) is 0.273. The van der Waals surface area contributed by atoms with Crippen LogP contribution in [-0.2, 0) is 14.6 Å². The molecule has 0 aliphatic carbocycles. The van der Waals surface area contributed by atoms with Gasteiger partial charge in [-0.1, -0.05) is 0 Å². The lowest BCUT2D eigenvalue weighted by molar-refractivity contribution is -0.117. The Morgan fingerprint density at radius 3 is 2.29 bits per heavy atom. The van der Waals surface area contributed by atoms with Crippen LogP contribution in [-0.4, -0.2) is 27.6 Å². The Labute approximate surface area is 100 Å². The van der Waals surface area contributed by atoms with Gasteiger partial charge in [-0.05, 0) is 24.3 Å². The minimum atomic E-state index is -3.23. The highest BCUT2D eigenvalue weighted by Gasteiger charge is 2.12. The molecule has 17 heavy (non-hydrogen) atoms. The number of rotatable bonds is 3. The van der Waals surface area contributed by atoms with Gasteiger partial charge in [0.1, 0.15) is 6.42 Å². The number of hydrogen-bond donors (Lipinski definition) is 0. The van der Waals surface area contributed by atoms with E-state index in [2.05, 4.69) is 0 Å². The van der Waals surface area contributed by atoms with Crippen LogP contribution < -0.4 is 4.90 Å². The molecule has 0 aromatic heterocycles. The number of anilines is 1. The second-order valence-corrected chi connectivity index (χ2v) is 5.57. The van der Waals surface area contributed by atoms with Crippen LogP contribution in [0.5, 0.6) is 0 Å². The second kappa shape index (κ2) is 4.97. The van der Waals surface area contributed by atoms with Crippen molar-refractivity contribution in [3.05, 3.63) is 24.3 Å². The van der Waals surface area contributed by atoms with Crippen molar-refractivity contribution in [3.63, 3.8) is 0 Å². The van der Waals surface area contributed by atoms with E-state index >= 15 is 0 Å². The molecule has 90 valence electrons. The molecule has 0 spiro atoms. The summed E-state index contributed by atoms with van der Waals surface area (Å²) in [5.74, 6) is -0.334. The zero-order chi connectivity index (χ0) is 13.1. The number of carbonyl (C=O) groups excluding carboxylic acids is 1. The summed E-state index contributed by atoms with van der Waals surface area (Å²) in [6.45, 7) is 0. The van der Waals surface area contributed by atoms with Crippen LogP contribution in [0.25, 0.3) is 0 Å². The van der Waals surface area contributed by atoms with Crippen LogP contribution in [0.2, 0.25) is 0 Å². The Balaban J connectivity index is 2.96. The van der Waals surface area contributed by atoms with Gasteiger partial charge in [0.2, 0.25) is 5.91 Å². The number of sulfone groups is 1. The molecule has 1 aromatic rings. The highest BCUT2D eigenvalue weighted by molar-refractivity contribution is 7.90. The van der Waals surface area contributed by atoms with E-state index in [1.807, 2.05) is 0 Å². The normalized spacial score (nSPS) is 10.6. The largest absolute Gasteiger partial charge is 0.315 e. The summed E-state index contributed by atoms with van der Waals surface area (Å²) < 4.78 is 22.5. The van der Waals surface area contributed by atoms with Crippen molar-refractivity contribution in [2.75, 3.05) is 18.2 Å². The van der Waals surface area contributed by atoms with Crippen molar-refractivity contribution in [1.82, 2.24) is 0 Å². The van der Waals surface area contributed by atoms with E-state index in [9.17, 15) is 13.2 Å². The first-order chi connectivity index (χ1) is 7.86. The average molecular weight is 252 g/mol. The molecule has 0 saturated heterocycles. The van der Waals surface area contributed by atoms with Gasteiger partial charge in [-0.25, -0.2) is 8.42 Å². The third kappa shape index (κ3) is 3.29. The minimum absolute atomic E-state index is 0.197. The van der Waals surface area contributed by atoms with Crippen LogP contribution in [0.4, 0.5) is 5.69 Å². The fourth-order valence-electron chi connectivity index (χ4n) is 1.25. The zero-order valence-corrected chi connectivity index (χ0v) is 10.4. The van der Waals surface area contributed by atoms with Crippen molar-refractivity contribution >= 4 is 21.4 Å². The number of benzene rings is 1. The van der Waals surface area contributed by atoms with E-state index in [4.69, 9.17) is 5.26 Å². The molecule has 0 unspecified atom stereocenters. The predicted octanol–water partition coefficient (Wildman–Crippen LogP) is 0.967. The van der Waals surface area contributed by atoms with E-state index in [-0.39, 0.29) is 17.2 Å². The minimum Gasteiger partial charge on any atom is -0.315 e. The highest BCUT2D eigenvalue weighted by atomic mass is 32.2. The first kappa shape index (κ1) is 13.2. The van der Waals surface area contributed by atoms with E-state index in [0.717, 1.165) is 6.26 Å². The molecule has 6 heteroatoms. The average Bonchev–Trinajstić information content (AvgIpc) is 2.27. The molecule has 0 heterocycles. The standard InChI is InChI=1S/C11H12N2O3S/c1-13(11(14)7-8-12)9-3-5-10(6-4-9)17(2,15)16/h3-6H,7H2,1-2H3. The second-order valence-electron chi connectivity index (χ2n) is 3.55. The molecule has 0 N–H and O–H groups in total. The van der Waals surface area contributed by atoms with E-state index in [1.54, 1.807) is 6.07 Å². The maximum Gasteiger partial charge on any atom is 0.240 e. The first-order valence-electron chi connectivity index (χ1n) is 4.80. The van der Waals surface area contributed by atoms with Gasteiger partial charge in [0, 0.05) is 19.0 Å². The molecular weight excluding hydrogens is 240 g/mol. The van der Waals surface area contributed by atoms with Gasteiger partial charge in [0.15, 0.2) is 9.84 Å². The van der Waals surface area contributed by atoms with Crippen molar-refractivity contribution in [1.29, 1.82) is 5.26 Å². The zero-order valence-electron chi connectivity index (χ0n) is 9.54. The molecule has 0 radical (unpaired) electrons. The highest BCUT2D eigenvalue weighted by Crippen LogP contribution is 2.17. The van der Waals surface area contributed by atoms with Gasteiger partial charge in [-0.2, -0.15) is 5.26 Å². The third-order valence-corrected chi connectivity index (χ3v) is 3.39. The van der Waals surface area contributed by atoms with Gasteiger partial charge in [0.05, 0.1) is 11.0 Å². The summed E-state index contributed by atoms with van der Waals surface area (Å²) in [7, 11) is -1.69. The molecule has 0 fully saturated rings. The number of carbonyl (C=O) groups is 1. The van der Waals surface area contributed by atoms with Crippen LogP contribution in [0, 0.1) is 11.3 Å². The summed E-state index contributed by atoms with van der Waals surface area (Å²) in [6, 6.07) is 7.70. The van der Waals surface area contributed by atoms with Crippen LogP contribution >= 0.6 is 0 Å². The van der Waals surface area contributed by atoms with Crippen molar-refractivity contribution < 1.29 is 13.2 Å². The lowest BCUT2D eigenvalue weighted by Gasteiger charge is -2.15. The molecule has 0 aliphatic heterocycles. The molecule has 0 bridgehead atoms. The molecule has 0 atom stereocenters. The predicted molar refractivity (Wildman–Crippen MR) is 63.2 cm³/mol. The topological polar surface area (TPSA) is 78.2 Å². The Hall–Kier alpha value is -1.87. The van der Waals surface area contributed by atoms with E-state index < -0.39 is 9.84 Å². The van der Waals surface area contributed by atoms with Gasteiger partial charge in [-0.15, -0.1) is 0 Å². The Morgan fingerprint density at radius 1 is 1.35 bits per heavy atom. The molecule has 0 saturated carbocycles. The van der Waals surface area contributed by atoms with E-state index in [0.29, 0.717) is 5.69 Å². The Kier molecular flexibility index (Phi) is 3.86. The summed E-state index contributed by atoms with van der Waals surface area (Å²) in [4.78, 5) is 12.9. The molecule has 5 nitrogen and oxygen atoms in total. The van der Waals surface area contributed by atoms with Crippen LogP contribution in [0.15, 0.2) is 29.2 Å². The maximum absolute atomic E-state index is 11.4. The number of hydrogen-bond acceptors (Lipinski definition) is 4. The molecular formula is C11H12N2O3S. The molecule has 1 aromatic carbocycles. The molecule has 1 amide bonds. The summed E-state index contributed by atoms with van der Waals surface area (Å²) in [5, 5.41) is 8.41. The summed E-state index contributed by atoms with van der Waals surface area (Å²) in [6.07, 6.45) is 0.914. The monoisotopic (exact) mass is 252 g/mol. The lowest BCUT2D eigenvalue weighted by atomic mass is 10.3. The third-order valence-electron chi connectivity index (χ3n) is 2.26. The fourth-order valence-corrected chi connectivity index (χ4v) is 1.88. The lowest BCUT2D eigenvalue weighted by Crippen LogP contribution is -2.25. The number of amides is 1. The Morgan fingerprint density at radius 2 is 1.88 bits per heavy atom. The van der Waals surface area contributed by atoms with Gasteiger partial charge < -0.3 is 4.90 Å². The van der Waals surface area contributed by atoms with Gasteiger partial charge in [0.25, 0.3) is 0 Å². The summed E-state index contributed by atoms with van der Waals surface area (Å²) in [5.41, 5.74) is 0.553. The van der Waals surface area contributed by atoms with Crippen LogP contribution in [0.1, 0.15) is 6.42 Å².